The lowest BCUT2D eigenvalue weighted by Crippen LogP contribution is -2.45. The Hall–Kier alpha value is -1.75. The molecule has 1 heterocycles. The Kier molecular flexibility index (Phi) is 7.89. The highest BCUT2D eigenvalue weighted by atomic mass is 35.5. The van der Waals surface area contributed by atoms with Gasteiger partial charge in [-0.25, -0.2) is 0 Å². The van der Waals surface area contributed by atoms with Crippen molar-refractivity contribution in [2.75, 3.05) is 25.4 Å². The summed E-state index contributed by atoms with van der Waals surface area (Å²) in [5.41, 5.74) is 6.89. The van der Waals surface area contributed by atoms with Gasteiger partial charge in [-0.3, -0.25) is 9.59 Å². The van der Waals surface area contributed by atoms with E-state index in [0.29, 0.717) is 30.9 Å². The third-order valence-corrected chi connectivity index (χ3v) is 4.10. The molecular weight excluding hydrogens is 314 g/mol. The number of anilines is 1. The summed E-state index contributed by atoms with van der Waals surface area (Å²) in [5, 5.41) is 2.96. The third-order valence-electron chi connectivity index (χ3n) is 4.10. The van der Waals surface area contributed by atoms with Gasteiger partial charge in [0.25, 0.3) is 5.91 Å². The average molecular weight is 340 g/mol. The van der Waals surface area contributed by atoms with Crippen LogP contribution in [0, 0.1) is 5.92 Å². The topological polar surface area (TPSA) is 75.4 Å². The number of benzene rings is 1. The number of nitrogens with two attached hydrogens (primary N) is 1. The molecule has 2 amide bonds. The number of halogens is 1. The average Bonchev–Trinajstić information content (AvgIpc) is 2.55. The van der Waals surface area contributed by atoms with Gasteiger partial charge in [0.15, 0.2) is 0 Å². The van der Waals surface area contributed by atoms with E-state index in [9.17, 15) is 9.59 Å². The van der Waals surface area contributed by atoms with Crippen LogP contribution in [0.5, 0.6) is 0 Å². The van der Waals surface area contributed by atoms with E-state index in [0.717, 1.165) is 25.7 Å². The summed E-state index contributed by atoms with van der Waals surface area (Å²) in [5.74, 6) is -0.129. The van der Waals surface area contributed by atoms with E-state index in [1.807, 2.05) is 12.1 Å². The number of piperidine rings is 1. The summed E-state index contributed by atoms with van der Waals surface area (Å²) >= 11 is 0. The molecule has 1 fully saturated rings. The first-order chi connectivity index (χ1) is 10.6. The summed E-state index contributed by atoms with van der Waals surface area (Å²) < 4.78 is 0. The van der Waals surface area contributed by atoms with E-state index < -0.39 is 0 Å². The molecule has 1 aromatic carbocycles. The molecule has 0 aliphatic carbocycles. The van der Waals surface area contributed by atoms with Crippen molar-refractivity contribution in [3.05, 3.63) is 29.8 Å². The highest BCUT2D eigenvalue weighted by molar-refractivity contribution is 5.99. The lowest BCUT2D eigenvalue weighted by Gasteiger charge is -2.32. The van der Waals surface area contributed by atoms with Gasteiger partial charge in [0.05, 0.1) is 11.5 Å². The number of nitrogens with one attached hydrogen (secondary N) is 1. The van der Waals surface area contributed by atoms with Crippen molar-refractivity contribution in [3.8, 4) is 0 Å². The Morgan fingerprint density at radius 1 is 1.35 bits per heavy atom. The zero-order chi connectivity index (χ0) is 15.9. The van der Waals surface area contributed by atoms with Crippen molar-refractivity contribution < 1.29 is 9.59 Å². The number of nitrogen functional groups attached to an aromatic ring is 1. The Labute approximate surface area is 144 Å². The van der Waals surface area contributed by atoms with Crippen LogP contribution >= 0.6 is 12.4 Å². The van der Waals surface area contributed by atoms with Crippen LogP contribution in [0.1, 0.15) is 43.0 Å². The summed E-state index contributed by atoms with van der Waals surface area (Å²) in [4.78, 5) is 26.5. The Morgan fingerprint density at radius 2 is 2.09 bits per heavy atom. The van der Waals surface area contributed by atoms with Crippen LogP contribution in [0.3, 0.4) is 0 Å². The van der Waals surface area contributed by atoms with Crippen LogP contribution in [-0.4, -0.2) is 36.3 Å². The minimum absolute atomic E-state index is 0. The number of unbranched alkanes of at least 4 members (excludes halogenated alkanes) is 1. The molecule has 1 aliphatic rings. The van der Waals surface area contributed by atoms with Crippen LogP contribution in [0.4, 0.5) is 5.69 Å². The molecule has 128 valence electrons. The number of nitrogens with zero attached hydrogens (tertiary/aromatic N) is 1. The standard InChI is InChI=1S/C17H25N3O2.ClH/c1-2-3-10-19-16(21)13-7-6-11-20(12-13)17(22)14-8-4-5-9-15(14)18;/h4-5,8-9,13H,2-3,6-7,10-12,18H2,1H3,(H,19,21);1H. The van der Waals surface area contributed by atoms with Gasteiger partial charge < -0.3 is 16.0 Å². The second-order valence-electron chi connectivity index (χ2n) is 5.82. The number of carbonyl (C=O) groups excluding carboxylic acids is 2. The zero-order valence-electron chi connectivity index (χ0n) is 13.6. The van der Waals surface area contributed by atoms with Gasteiger partial charge in [0.2, 0.25) is 5.91 Å². The summed E-state index contributed by atoms with van der Waals surface area (Å²) in [6.45, 7) is 3.97. The fraction of sp³-hybridized carbons (Fsp3) is 0.529. The van der Waals surface area contributed by atoms with E-state index in [-0.39, 0.29) is 30.1 Å². The molecule has 5 nitrogen and oxygen atoms in total. The van der Waals surface area contributed by atoms with Gasteiger partial charge in [0.1, 0.15) is 0 Å². The van der Waals surface area contributed by atoms with Crippen LogP contribution in [0.2, 0.25) is 0 Å². The number of para-hydroxylation sites is 1. The van der Waals surface area contributed by atoms with Crippen molar-refractivity contribution in [1.29, 1.82) is 0 Å². The molecular formula is C17H26ClN3O2. The molecule has 0 spiro atoms. The molecule has 0 aromatic heterocycles. The smallest absolute Gasteiger partial charge is 0.255 e. The van der Waals surface area contributed by atoms with Gasteiger partial charge in [-0.2, -0.15) is 0 Å². The Balaban J connectivity index is 0.00000264. The van der Waals surface area contributed by atoms with E-state index in [1.165, 1.54) is 0 Å². The number of hydrogen-bond donors (Lipinski definition) is 2. The molecule has 1 aliphatic heterocycles. The Morgan fingerprint density at radius 3 is 2.78 bits per heavy atom. The third kappa shape index (κ3) is 5.13. The first-order valence-electron chi connectivity index (χ1n) is 8.05. The first-order valence-corrected chi connectivity index (χ1v) is 8.05. The highest BCUT2D eigenvalue weighted by Crippen LogP contribution is 2.21. The SMILES string of the molecule is CCCCNC(=O)C1CCCN(C(=O)c2ccccc2N)C1.Cl. The van der Waals surface area contributed by atoms with Crippen molar-refractivity contribution >= 4 is 29.9 Å². The van der Waals surface area contributed by atoms with Gasteiger partial charge in [-0.05, 0) is 31.4 Å². The van der Waals surface area contributed by atoms with Crippen molar-refractivity contribution in [2.24, 2.45) is 5.92 Å². The molecule has 0 saturated carbocycles. The largest absolute Gasteiger partial charge is 0.398 e. The van der Waals surface area contributed by atoms with E-state index in [4.69, 9.17) is 5.73 Å². The summed E-state index contributed by atoms with van der Waals surface area (Å²) in [6.07, 6.45) is 3.74. The lowest BCUT2D eigenvalue weighted by atomic mass is 9.96. The molecule has 23 heavy (non-hydrogen) atoms. The normalized spacial score (nSPS) is 17.3. The number of carbonyl (C=O) groups is 2. The van der Waals surface area contributed by atoms with Crippen LogP contribution in [-0.2, 0) is 4.79 Å². The van der Waals surface area contributed by atoms with Crippen molar-refractivity contribution in [2.45, 2.75) is 32.6 Å². The molecule has 6 heteroatoms. The first kappa shape index (κ1) is 19.3. The van der Waals surface area contributed by atoms with E-state index >= 15 is 0 Å². The minimum Gasteiger partial charge on any atom is -0.398 e. The van der Waals surface area contributed by atoms with Crippen molar-refractivity contribution in [1.82, 2.24) is 10.2 Å². The second kappa shape index (κ2) is 9.40. The van der Waals surface area contributed by atoms with Crippen LogP contribution < -0.4 is 11.1 Å². The predicted octanol–water partition coefficient (Wildman–Crippen LogP) is 2.46. The number of rotatable bonds is 5. The quantitative estimate of drug-likeness (QED) is 0.639. The Bertz CT molecular complexity index is 536. The van der Waals surface area contributed by atoms with Gasteiger partial charge in [0, 0.05) is 25.3 Å². The molecule has 2 rings (SSSR count). The minimum atomic E-state index is -0.112. The maximum absolute atomic E-state index is 12.6. The molecule has 1 aromatic rings. The van der Waals surface area contributed by atoms with Gasteiger partial charge in [-0.1, -0.05) is 25.5 Å². The second-order valence-corrected chi connectivity index (χ2v) is 5.82. The molecule has 1 unspecified atom stereocenters. The molecule has 0 radical (unpaired) electrons. The summed E-state index contributed by atoms with van der Waals surface area (Å²) in [7, 11) is 0. The number of likely N-dealkylation sites (tertiary alicyclic amines) is 1. The monoisotopic (exact) mass is 339 g/mol. The zero-order valence-corrected chi connectivity index (χ0v) is 14.4. The maximum atomic E-state index is 12.6. The molecule has 0 bridgehead atoms. The fourth-order valence-electron chi connectivity index (χ4n) is 2.77. The van der Waals surface area contributed by atoms with Gasteiger partial charge in [-0.15, -0.1) is 12.4 Å². The lowest BCUT2D eigenvalue weighted by molar-refractivity contribution is -0.126. The van der Waals surface area contributed by atoms with Gasteiger partial charge >= 0.3 is 0 Å². The van der Waals surface area contributed by atoms with Crippen LogP contribution in [0.25, 0.3) is 0 Å². The maximum Gasteiger partial charge on any atom is 0.255 e. The van der Waals surface area contributed by atoms with Crippen LogP contribution in [0.15, 0.2) is 24.3 Å². The van der Waals surface area contributed by atoms with E-state index in [1.54, 1.807) is 17.0 Å². The fourth-order valence-corrected chi connectivity index (χ4v) is 2.77. The summed E-state index contributed by atoms with van der Waals surface area (Å²) in [6, 6.07) is 7.09. The predicted molar refractivity (Wildman–Crippen MR) is 94.6 cm³/mol. The molecule has 1 saturated heterocycles. The molecule has 3 N–H and O–H groups in total. The number of amides is 2. The molecule has 1 atom stereocenters. The highest BCUT2D eigenvalue weighted by Gasteiger charge is 2.29. The number of hydrogen-bond acceptors (Lipinski definition) is 3. The van der Waals surface area contributed by atoms with Crippen molar-refractivity contribution in [3.63, 3.8) is 0 Å². The van der Waals surface area contributed by atoms with E-state index in [2.05, 4.69) is 12.2 Å².